The van der Waals surface area contributed by atoms with Crippen LogP contribution in [0.15, 0.2) is 255 Å². The second kappa shape index (κ2) is 44.6. The summed E-state index contributed by atoms with van der Waals surface area (Å²) in [5.41, 5.74) is 13.3. The van der Waals surface area contributed by atoms with Crippen LogP contribution >= 0.6 is 0 Å². The molecule has 0 bridgehead atoms. The molecule has 0 aliphatic carbocycles. The molecule has 0 radical (unpaired) electrons. The van der Waals surface area contributed by atoms with E-state index in [2.05, 4.69) is 187 Å². The number of aliphatic hydroxyl groups excluding tert-OH is 2. The Morgan fingerprint density at radius 1 is 0.382 bits per heavy atom. The van der Waals surface area contributed by atoms with Crippen LogP contribution in [0.5, 0.6) is 0 Å². The first-order valence-electron chi connectivity index (χ1n) is 49.2. The molecule has 15 nitrogen and oxygen atoms in total. The van der Waals surface area contributed by atoms with Gasteiger partial charge in [-0.2, -0.15) is 39.5 Å². The minimum absolute atomic E-state index is 0. The van der Waals surface area contributed by atoms with Crippen molar-refractivity contribution >= 4 is 22.7 Å². The van der Waals surface area contributed by atoms with E-state index in [-0.39, 0.29) is 111 Å². The third-order valence-corrected chi connectivity index (χ3v) is 30.0. The number of likely N-dealkylation sites (tertiary alicyclic amines) is 3. The third kappa shape index (κ3) is 23.7. The van der Waals surface area contributed by atoms with E-state index in [0.717, 1.165) is 208 Å². The second-order valence-corrected chi connectivity index (χ2v) is 38.9. The maximum Gasteiger partial charge on any atom is 0.416 e. The SMILES string of the molecule is C.CCc1ccc2c(c1)[C@@H]1O[C@H](CO)CC[C@@H]1[C@@H](c1ccccc1)N2.FC(F)(F)c1ccc2c(c1)[C@H]1O[C@@H](CNCCCc3ccccc3)CC[C@H]1[C@H](c1ccccc1)N2.FC(F)(F)c1ccc2c(c1)[C@H]1O[C@@H](CN[C@H]3CCN(Cc4ccccc4)C3)CC[C@H]1[C@H](c1ccccc1)N2.OC1CCCN(C2CCN(C[C@H]3CC[C@@H]4[C@H](O3)c3cc(C(F)(F)F)ccc3N[C@H]4c3ccccc3)CC2)C1. The quantitative estimate of drug-likeness (QED) is 0.0269. The van der Waals surface area contributed by atoms with Gasteiger partial charge < -0.3 is 66.0 Å². The number of ether oxygens (including phenoxy) is 4. The number of hydrogen-bond acceptors (Lipinski definition) is 15. The molecule has 21 rings (SSSR count). The van der Waals surface area contributed by atoms with E-state index in [9.17, 15) is 49.7 Å². The summed E-state index contributed by atoms with van der Waals surface area (Å²) in [6.45, 7) is 12.3. The molecule has 7 saturated heterocycles. The Labute approximate surface area is 795 Å². The molecule has 11 aliphatic rings. The van der Waals surface area contributed by atoms with Gasteiger partial charge in [0.2, 0.25) is 0 Å². The topological polar surface area (TPSA) is 159 Å². The Morgan fingerprint density at radius 3 is 1.19 bits per heavy atom. The number of aryl methyl sites for hydroxylation is 2. The molecule has 10 aromatic rings. The lowest BCUT2D eigenvalue weighted by Crippen LogP contribution is -2.51. The van der Waals surface area contributed by atoms with Crippen molar-refractivity contribution in [1.82, 2.24) is 25.3 Å². The molecule has 10 aromatic carbocycles. The van der Waals surface area contributed by atoms with Crippen LogP contribution in [0.1, 0.15) is 231 Å². The molecular weight excluding hydrogens is 1740 g/mol. The zero-order chi connectivity index (χ0) is 93.2. The van der Waals surface area contributed by atoms with Crippen molar-refractivity contribution in [2.24, 2.45) is 23.7 Å². The van der Waals surface area contributed by atoms with Crippen LogP contribution in [0.25, 0.3) is 0 Å². The van der Waals surface area contributed by atoms with Gasteiger partial charge in [-0.3, -0.25) is 9.80 Å². The Balaban J connectivity index is 0.000000127. The molecular formula is C112H132F9N9O6. The van der Waals surface area contributed by atoms with Crippen LogP contribution in [0.2, 0.25) is 0 Å². The van der Waals surface area contributed by atoms with Crippen molar-refractivity contribution in [3.05, 3.63) is 333 Å². The summed E-state index contributed by atoms with van der Waals surface area (Å²) in [7, 11) is 0. The number of anilines is 4. The first-order valence-corrected chi connectivity index (χ1v) is 49.2. The Kier molecular flexibility index (Phi) is 32.2. The molecule has 724 valence electrons. The first-order chi connectivity index (χ1) is 65.6. The highest BCUT2D eigenvalue weighted by atomic mass is 19.4. The van der Waals surface area contributed by atoms with Crippen molar-refractivity contribution in [3.8, 4) is 0 Å². The lowest BCUT2D eigenvalue weighted by molar-refractivity contribution is -0.139. The zero-order valence-electron chi connectivity index (χ0n) is 76.8. The van der Waals surface area contributed by atoms with Gasteiger partial charge in [-0.1, -0.05) is 208 Å². The molecule has 0 aromatic heterocycles. The fraction of sp³-hybridized carbons (Fsp3) is 0.464. The summed E-state index contributed by atoms with van der Waals surface area (Å²) >= 11 is 0. The fourth-order valence-electron chi connectivity index (χ4n) is 23.0. The van der Waals surface area contributed by atoms with Crippen LogP contribution < -0.4 is 31.9 Å². The number of halogens is 9. The number of benzene rings is 10. The van der Waals surface area contributed by atoms with Gasteiger partial charge in [-0.25, -0.2) is 0 Å². The van der Waals surface area contributed by atoms with E-state index in [1.54, 1.807) is 18.2 Å². The average Bonchev–Trinajstić information content (AvgIpc) is 1.000. The molecule has 7 fully saturated rings. The highest BCUT2D eigenvalue weighted by Crippen LogP contribution is 2.57. The maximum atomic E-state index is 13.6. The van der Waals surface area contributed by atoms with E-state index in [1.807, 2.05) is 66.7 Å². The van der Waals surface area contributed by atoms with Gasteiger partial charge in [-0.15, -0.1) is 0 Å². The summed E-state index contributed by atoms with van der Waals surface area (Å²) in [4.78, 5) is 7.39. The number of β-amino-alcohol motifs (C(OH)–C–C–N with tert-alkyl or cyclic N) is 1. The number of fused-ring (bicyclic) bond motifs is 12. The van der Waals surface area contributed by atoms with E-state index >= 15 is 0 Å². The average molecular weight is 1870 g/mol. The van der Waals surface area contributed by atoms with Crippen molar-refractivity contribution in [2.45, 2.75) is 233 Å². The molecule has 0 spiro atoms. The Bertz CT molecular complexity index is 5440. The van der Waals surface area contributed by atoms with E-state index in [1.165, 1.54) is 57.8 Å². The molecule has 1 unspecified atom stereocenters. The summed E-state index contributed by atoms with van der Waals surface area (Å²) < 4.78 is 148. The number of aliphatic hydroxyl groups is 2. The largest absolute Gasteiger partial charge is 0.416 e. The van der Waals surface area contributed by atoms with Gasteiger partial charge >= 0.3 is 18.5 Å². The molecule has 18 atom stereocenters. The number of rotatable bonds is 20. The van der Waals surface area contributed by atoms with Crippen molar-refractivity contribution < 1.29 is 68.7 Å². The third-order valence-electron chi connectivity index (χ3n) is 30.0. The lowest BCUT2D eigenvalue weighted by Gasteiger charge is -2.47. The number of hydrogen-bond donors (Lipinski definition) is 8. The number of nitrogens with zero attached hydrogens (tertiary/aromatic N) is 3. The lowest BCUT2D eigenvalue weighted by atomic mass is 9.76. The predicted molar refractivity (Wildman–Crippen MR) is 519 cm³/mol. The minimum atomic E-state index is -4.39. The summed E-state index contributed by atoms with van der Waals surface area (Å²) in [5, 5.41) is 41.2. The van der Waals surface area contributed by atoms with E-state index in [0.29, 0.717) is 47.8 Å². The van der Waals surface area contributed by atoms with Crippen LogP contribution in [-0.4, -0.2) is 140 Å². The minimum Gasteiger partial charge on any atom is -0.394 e. The van der Waals surface area contributed by atoms with Crippen LogP contribution in [-0.2, 0) is 56.9 Å². The zero-order valence-corrected chi connectivity index (χ0v) is 76.8. The number of alkyl halides is 9. The van der Waals surface area contributed by atoms with Crippen LogP contribution in [0, 0.1) is 23.7 Å². The highest BCUT2D eigenvalue weighted by molar-refractivity contribution is 5.63. The highest BCUT2D eigenvalue weighted by Gasteiger charge is 2.50. The predicted octanol–water partition coefficient (Wildman–Crippen LogP) is 24.0. The molecule has 11 heterocycles. The van der Waals surface area contributed by atoms with Crippen molar-refractivity contribution in [2.75, 3.05) is 93.3 Å². The molecule has 24 heteroatoms. The standard InChI is InChI=1S/C31H34F3N3O.C30H38F3N3O2.C29H31F3N2O.C21H25NO2.CH4/c32-31(33,34)23-11-14-28-27(17-23)30-26(29(36-28)22-9-5-2-6-10-22)13-12-25(38-30)18-35-24-15-16-37(20-24)19-21-7-3-1-4-8-21;31-30(32,33)21-8-11-27-26(17-21)29-25(28(34-27)20-5-2-1-3-6-20)10-9-24(38-29)19-35-15-12-22(13-16-35)36-14-4-7-23(37)18-36;30-29(31,32)22-13-16-26-25(18-22)28-24(27(34-26)21-11-5-2-6-12-21)15-14-23(35-28)19-33-17-7-10-20-8-3-1-4-9-20;1-2-14-8-11-19-18(12-14)21-17(10-9-16(13-23)24-21)20(22-19)15-6-4-3-5-7-15;/h1-11,14,17,24-26,29-30,35-36H,12-13,15-16,18-20H2;1-3,5-6,8,11,17,22-25,28-29,34,37H,4,7,9-10,12-16,18-19H2;1-6,8-9,11-13,16,18,23-24,27-28,33-34H,7,10,14-15,17,19H2;3-8,11-12,16-17,20-23H,2,9-10,13H2,1H3;1H4/t24-,25+,26-,29-,30-;23?,24-,25+,28+,29+;23-,24+,27+,28+;16-,17+,20+,21+;/m0110./s1. The molecule has 0 amide bonds. The van der Waals surface area contributed by atoms with Gasteiger partial charge in [0.1, 0.15) is 0 Å². The van der Waals surface area contributed by atoms with Crippen molar-refractivity contribution in [1.29, 1.82) is 0 Å². The Hall–Kier alpha value is -9.67. The summed E-state index contributed by atoms with van der Waals surface area (Å²) in [5.74, 6) is 0.607. The summed E-state index contributed by atoms with van der Waals surface area (Å²) in [6.07, 6.45) is 1.14. The molecule has 11 aliphatic heterocycles. The van der Waals surface area contributed by atoms with Gasteiger partial charge in [0.25, 0.3) is 0 Å². The normalized spacial score (nSPS) is 27.6. The molecule has 8 N–H and O–H groups in total. The monoisotopic (exact) mass is 1870 g/mol. The van der Waals surface area contributed by atoms with Gasteiger partial charge in [0, 0.05) is 127 Å². The number of nitrogens with one attached hydrogen (secondary N) is 6. The van der Waals surface area contributed by atoms with Crippen LogP contribution in [0.3, 0.4) is 0 Å². The smallest absolute Gasteiger partial charge is 0.394 e. The summed E-state index contributed by atoms with van der Waals surface area (Å²) in [6, 6.07) is 81.9. The molecule has 0 saturated carbocycles. The second-order valence-electron chi connectivity index (χ2n) is 38.9. The first kappa shape index (κ1) is 98.0. The fourth-order valence-corrected chi connectivity index (χ4v) is 23.0. The van der Waals surface area contributed by atoms with Gasteiger partial charge in [0.05, 0.1) is 102 Å². The van der Waals surface area contributed by atoms with Crippen LogP contribution in [0.4, 0.5) is 62.3 Å². The number of piperidine rings is 2. The molecule has 136 heavy (non-hydrogen) atoms. The van der Waals surface area contributed by atoms with Gasteiger partial charge in [-0.05, 0) is 229 Å². The Morgan fingerprint density at radius 2 is 0.765 bits per heavy atom. The van der Waals surface area contributed by atoms with Crippen molar-refractivity contribution in [3.63, 3.8) is 0 Å². The maximum absolute atomic E-state index is 13.6. The van der Waals surface area contributed by atoms with E-state index < -0.39 is 35.2 Å². The van der Waals surface area contributed by atoms with Gasteiger partial charge in [0.15, 0.2) is 0 Å². The van der Waals surface area contributed by atoms with E-state index in [4.69, 9.17) is 18.9 Å².